The smallest absolute Gasteiger partial charge is 0.247 e. The van der Waals surface area contributed by atoms with E-state index in [9.17, 15) is 4.79 Å². The number of amidine groups is 1. The van der Waals surface area contributed by atoms with E-state index >= 15 is 0 Å². The fraction of sp³-hybridized carbons (Fsp3) is 0.188. The lowest BCUT2D eigenvalue weighted by atomic mass is 9.96. The number of alkyl halides is 1. The maximum atomic E-state index is 13.6. The number of benzene rings is 4. The van der Waals surface area contributed by atoms with Gasteiger partial charge >= 0.3 is 0 Å². The number of amides is 1. The minimum absolute atomic E-state index is 0.0849. The van der Waals surface area contributed by atoms with Gasteiger partial charge in [0.05, 0.1) is 3.92 Å². The van der Waals surface area contributed by atoms with Gasteiger partial charge in [0, 0.05) is 15.8 Å². The Labute approximate surface area is 256 Å². The predicted octanol–water partition coefficient (Wildman–Crippen LogP) is 8.11. The van der Waals surface area contributed by atoms with Gasteiger partial charge < -0.3 is 15.0 Å². The number of likely N-dealkylation sites (tertiary alicyclic amines) is 1. The first-order chi connectivity index (χ1) is 19.0. The second kappa shape index (κ2) is 13.0. The number of hydrogen-bond donors (Lipinski definition) is 2. The molecular formula is C32H29I2N3O2. The van der Waals surface area contributed by atoms with Crippen LogP contribution in [-0.4, -0.2) is 29.2 Å². The SMILES string of the molecule is N=C([C@H](I)c1ccccc1)N1C[C@H](Cc2ccccc2)C[C@H]1C(=O)Nc1ccc(Oc2ccc(I)cc2)cc1. The molecule has 1 aliphatic heterocycles. The number of carbonyl (C=O) groups excluding carboxylic acids is 1. The van der Waals surface area contributed by atoms with Gasteiger partial charge in [0.1, 0.15) is 23.4 Å². The molecule has 1 fully saturated rings. The van der Waals surface area contributed by atoms with Crippen LogP contribution in [0.1, 0.15) is 21.5 Å². The average Bonchev–Trinajstić information content (AvgIpc) is 3.39. The predicted molar refractivity (Wildman–Crippen MR) is 174 cm³/mol. The molecule has 1 saturated heterocycles. The molecule has 3 atom stereocenters. The summed E-state index contributed by atoms with van der Waals surface area (Å²) in [5, 5.41) is 12.2. The van der Waals surface area contributed by atoms with Crippen LogP contribution in [0, 0.1) is 14.9 Å². The molecule has 0 spiro atoms. The highest BCUT2D eigenvalue weighted by Gasteiger charge is 2.39. The Morgan fingerprint density at radius 2 is 1.49 bits per heavy atom. The molecule has 2 N–H and O–H groups in total. The van der Waals surface area contributed by atoms with Crippen molar-refractivity contribution >= 4 is 62.6 Å². The van der Waals surface area contributed by atoms with Gasteiger partial charge in [-0.15, -0.1) is 0 Å². The second-order valence-corrected chi connectivity index (χ2v) is 12.2. The maximum Gasteiger partial charge on any atom is 0.247 e. The van der Waals surface area contributed by atoms with Crippen molar-refractivity contribution in [2.45, 2.75) is 22.8 Å². The van der Waals surface area contributed by atoms with Gasteiger partial charge in [0.15, 0.2) is 0 Å². The van der Waals surface area contributed by atoms with Crippen molar-refractivity contribution in [3.8, 4) is 11.5 Å². The normalized spacial score (nSPS) is 17.4. The second-order valence-electron chi connectivity index (χ2n) is 9.69. The molecular weight excluding hydrogens is 712 g/mol. The highest BCUT2D eigenvalue weighted by atomic mass is 127. The van der Waals surface area contributed by atoms with Gasteiger partial charge in [-0.3, -0.25) is 10.2 Å². The average molecular weight is 741 g/mol. The molecule has 4 aromatic rings. The van der Waals surface area contributed by atoms with Crippen molar-refractivity contribution in [1.82, 2.24) is 4.90 Å². The first-order valence-electron chi connectivity index (χ1n) is 12.9. The molecule has 198 valence electrons. The number of rotatable bonds is 8. The zero-order valence-corrected chi connectivity index (χ0v) is 25.6. The van der Waals surface area contributed by atoms with E-state index in [1.54, 1.807) is 0 Å². The van der Waals surface area contributed by atoms with E-state index in [2.05, 4.69) is 74.8 Å². The molecule has 0 aromatic heterocycles. The fourth-order valence-electron chi connectivity index (χ4n) is 4.93. The van der Waals surface area contributed by atoms with Crippen molar-refractivity contribution in [2.24, 2.45) is 5.92 Å². The molecule has 5 nitrogen and oxygen atoms in total. The van der Waals surface area contributed by atoms with Crippen molar-refractivity contribution in [3.05, 3.63) is 124 Å². The summed E-state index contributed by atoms with van der Waals surface area (Å²) in [6, 6.07) is 35.3. The monoisotopic (exact) mass is 741 g/mol. The molecule has 0 aliphatic carbocycles. The fourth-order valence-corrected chi connectivity index (χ4v) is 6.06. The van der Waals surface area contributed by atoms with Crippen LogP contribution in [-0.2, 0) is 11.2 Å². The molecule has 0 radical (unpaired) electrons. The summed E-state index contributed by atoms with van der Waals surface area (Å²) in [5.74, 6) is 2.14. The topological polar surface area (TPSA) is 65.4 Å². The van der Waals surface area contributed by atoms with E-state index in [4.69, 9.17) is 10.1 Å². The highest BCUT2D eigenvalue weighted by Crippen LogP contribution is 2.34. The van der Waals surface area contributed by atoms with Gasteiger partial charge in [0.25, 0.3) is 0 Å². The molecule has 1 amide bonds. The lowest BCUT2D eigenvalue weighted by Gasteiger charge is -2.29. The van der Waals surface area contributed by atoms with Crippen LogP contribution >= 0.6 is 45.2 Å². The summed E-state index contributed by atoms with van der Waals surface area (Å²) in [6.45, 7) is 0.681. The van der Waals surface area contributed by atoms with E-state index in [0.717, 1.165) is 21.3 Å². The summed E-state index contributed by atoms with van der Waals surface area (Å²) in [5.41, 5.74) is 3.03. The van der Waals surface area contributed by atoms with Crippen molar-refractivity contribution in [3.63, 3.8) is 0 Å². The van der Waals surface area contributed by atoms with Crippen molar-refractivity contribution < 1.29 is 9.53 Å². The molecule has 39 heavy (non-hydrogen) atoms. The van der Waals surface area contributed by atoms with Gasteiger partial charge in [-0.1, -0.05) is 83.3 Å². The Balaban J connectivity index is 1.29. The lowest BCUT2D eigenvalue weighted by molar-refractivity contribution is -0.119. The third-order valence-electron chi connectivity index (χ3n) is 6.87. The molecule has 1 aliphatic rings. The Kier molecular flexibility index (Phi) is 9.18. The third kappa shape index (κ3) is 7.19. The number of nitrogens with zero attached hydrogens (tertiary/aromatic N) is 1. The van der Waals surface area contributed by atoms with Crippen LogP contribution in [0.25, 0.3) is 0 Å². The maximum absolute atomic E-state index is 13.6. The van der Waals surface area contributed by atoms with E-state index in [-0.39, 0.29) is 15.7 Å². The molecule has 4 aromatic carbocycles. The third-order valence-corrected chi connectivity index (χ3v) is 8.90. The zero-order valence-electron chi connectivity index (χ0n) is 21.3. The van der Waals surface area contributed by atoms with E-state index < -0.39 is 6.04 Å². The Morgan fingerprint density at radius 3 is 2.13 bits per heavy atom. The van der Waals surface area contributed by atoms with Gasteiger partial charge in [-0.25, -0.2) is 0 Å². The Morgan fingerprint density at radius 1 is 0.897 bits per heavy atom. The summed E-state index contributed by atoms with van der Waals surface area (Å²) in [7, 11) is 0. The number of halogens is 2. The van der Waals surface area contributed by atoms with E-state index in [1.807, 2.05) is 89.8 Å². The van der Waals surface area contributed by atoms with Crippen LogP contribution in [0.3, 0.4) is 0 Å². The molecule has 0 unspecified atom stereocenters. The Hall–Kier alpha value is -2.92. The molecule has 5 rings (SSSR count). The van der Waals surface area contributed by atoms with Crippen LogP contribution in [0.4, 0.5) is 5.69 Å². The van der Waals surface area contributed by atoms with Crippen LogP contribution in [0.2, 0.25) is 0 Å². The zero-order chi connectivity index (χ0) is 27.2. The number of nitrogens with one attached hydrogen (secondary N) is 2. The van der Waals surface area contributed by atoms with Crippen LogP contribution in [0.5, 0.6) is 11.5 Å². The summed E-state index contributed by atoms with van der Waals surface area (Å²) in [6.07, 6.45) is 1.59. The van der Waals surface area contributed by atoms with E-state index in [0.29, 0.717) is 30.2 Å². The minimum Gasteiger partial charge on any atom is -0.457 e. The number of anilines is 1. The minimum atomic E-state index is -0.407. The molecule has 1 heterocycles. The summed E-state index contributed by atoms with van der Waals surface area (Å²) >= 11 is 4.58. The first-order valence-corrected chi connectivity index (χ1v) is 15.2. The van der Waals surface area contributed by atoms with Gasteiger partial charge in [-0.2, -0.15) is 0 Å². The van der Waals surface area contributed by atoms with Crippen LogP contribution < -0.4 is 10.1 Å². The number of carbonyl (C=O) groups is 1. The van der Waals surface area contributed by atoms with Crippen molar-refractivity contribution in [1.29, 1.82) is 5.41 Å². The van der Waals surface area contributed by atoms with Crippen LogP contribution in [0.15, 0.2) is 109 Å². The lowest BCUT2D eigenvalue weighted by Crippen LogP contribution is -2.44. The van der Waals surface area contributed by atoms with Gasteiger partial charge in [0.2, 0.25) is 5.91 Å². The van der Waals surface area contributed by atoms with Gasteiger partial charge in [-0.05, 0) is 101 Å². The number of hydrogen-bond acceptors (Lipinski definition) is 3. The Bertz CT molecular complexity index is 1400. The molecule has 7 heteroatoms. The first kappa shape index (κ1) is 27.6. The quantitative estimate of drug-likeness (QED) is 0.0831. The molecule has 0 saturated carbocycles. The van der Waals surface area contributed by atoms with Crippen molar-refractivity contribution in [2.75, 3.05) is 11.9 Å². The summed E-state index contributed by atoms with van der Waals surface area (Å²) < 4.78 is 6.94. The van der Waals surface area contributed by atoms with E-state index in [1.165, 1.54) is 5.56 Å². The molecule has 0 bridgehead atoms. The standard InChI is InChI=1S/C32H29I2N3O2/c33-25-11-15-27(16-12-25)39-28-17-13-26(14-18-28)36-32(38)29-20-23(19-22-7-3-1-4-8-22)21-37(29)31(35)30(34)24-9-5-2-6-10-24/h1-18,23,29-30,35H,19-21H2,(H,36,38)/t23-,29+,30-/m1/s1. The highest BCUT2D eigenvalue weighted by molar-refractivity contribution is 14.1. The largest absolute Gasteiger partial charge is 0.457 e. The number of ether oxygens (including phenoxy) is 1. The summed E-state index contributed by atoms with van der Waals surface area (Å²) in [4.78, 5) is 15.6.